The fourth-order valence-corrected chi connectivity index (χ4v) is 1.99. The molecule has 0 heterocycles. The highest BCUT2D eigenvalue weighted by molar-refractivity contribution is 6.31. The van der Waals surface area contributed by atoms with Crippen molar-refractivity contribution in [3.05, 3.63) is 38.9 Å². The number of hydrogen-bond donors (Lipinski definition) is 2. The van der Waals surface area contributed by atoms with Gasteiger partial charge in [-0.2, -0.15) is 0 Å². The molecular formula is C14H20ClN3O3. The lowest BCUT2D eigenvalue weighted by molar-refractivity contribution is -0.385. The minimum absolute atomic E-state index is 0.0148. The Balaban J connectivity index is 2.46. The van der Waals surface area contributed by atoms with Crippen molar-refractivity contribution >= 4 is 23.2 Å². The van der Waals surface area contributed by atoms with Crippen molar-refractivity contribution in [3.63, 3.8) is 0 Å². The van der Waals surface area contributed by atoms with Crippen LogP contribution in [0.3, 0.4) is 0 Å². The van der Waals surface area contributed by atoms with Crippen LogP contribution in [0.5, 0.6) is 0 Å². The van der Waals surface area contributed by atoms with Crippen molar-refractivity contribution in [1.29, 1.82) is 0 Å². The molecule has 0 saturated carbocycles. The van der Waals surface area contributed by atoms with Crippen LogP contribution in [0.4, 0.5) is 5.69 Å². The van der Waals surface area contributed by atoms with E-state index >= 15 is 0 Å². The van der Waals surface area contributed by atoms with E-state index in [1.165, 1.54) is 6.07 Å². The molecule has 1 amide bonds. The Hall–Kier alpha value is -1.66. The van der Waals surface area contributed by atoms with Gasteiger partial charge in [-0.05, 0) is 19.4 Å². The molecular weight excluding hydrogens is 294 g/mol. The maximum absolute atomic E-state index is 11.6. The molecule has 0 aliphatic heterocycles. The molecule has 1 rings (SSSR count). The van der Waals surface area contributed by atoms with Gasteiger partial charge in [0.2, 0.25) is 5.91 Å². The van der Waals surface area contributed by atoms with Gasteiger partial charge in [-0.15, -0.1) is 0 Å². The third kappa shape index (κ3) is 5.69. The topological polar surface area (TPSA) is 84.3 Å². The number of carbonyl (C=O) groups is 1. The first kappa shape index (κ1) is 17.4. The average Bonchev–Trinajstić information content (AvgIpc) is 2.44. The Kier molecular flexibility index (Phi) is 7.11. The Morgan fingerprint density at radius 3 is 2.81 bits per heavy atom. The fraction of sp³-hybridized carbons (Fsp3) is 0.500. The SMILES string of the molecule is CCC(C)NC(=O)CCNCc1c(Cl)cccc1[N+](=O)[O-]. The predicted octanol–water partition coefficient (Wildman–Crippen LogP) is 2.64. The summed E-state index contributed by atoms with van der Waals surface area (Å²) in [5.41, 5.74) is 0.422. The molecule has 0 saturated heterocycles. The first-order chi connectivity index (χ1) is 9.95. The third-order valence-electron chi connectivity index (χ3n) is 3.14. The van der Waals surface area contributed by atoms with E-state index in [1.54, 1.807) is 12.1 Å². The molecule has 116 valence electrons. The molecule has 1 atom stereocenters. The zero-order chi connectivity index (χ0) is 15.8. The Morgan fingerprint density at radius 1 is 1.48 bits per heavy atom. The van der Waals surface area contributed by atoms with Crippen LogP contribution in [-0.2, 0) is 11.3 Å². The number of halogens is 1. The summed E-state index contributed by atoms with van der Waals surface area (Å²) in [6.07, 6.45) is 1.20. The second-order valence-electron chi connectivity index (χ2n) is 4.80. The van der Waals surface area contributed by atoms with Gasteiger partial charge in [0, 0.05) is 31.6 Å². The zero-order valence-electron chi connectivity index (χ0n) is 12.2. The lowest BCUT2D eigenvalue weighted by Gasteiger charge is -2.11. The first-order valence-electron chi connectivity index (χ1n) is 6.87. The molecule has 0 bridgehead atoms. The highest BCUT2D eigenvalue weighted by Gasteiger charge is 2.16. The van der Waals surface area contributed by atoms with Crippen LogP contribution in [0.2, 0.25) is 5.02 Å². The summed E-state index contributed by atoms with van der Waals surface area (Å²) in [4.78, 5) is 22.0. The molecule has 0 aliphatic carbocycles. The van der Waals surface area contributed by atoms with Crippen LogP contribution in [0.15, 0.2) is 18.2 Å². The van der Waals surface area contributed by atoms with E-state index in [2.05, 4.69) is 10.6 Å². The number of hydrogen-bond acceptors (Lipinski definition) is 4. The smallest absolute Gasteiger partial charge is 0.275 e. The van der Waals surface area contributed by atoms with Crippen LogP contribution < -0.4 is 10.6 Å². The summed E-state index contributed by atoms with van der Waals surface area (Å²) < 4.78 is 0. The highest BCUT2D eigenvalue weighted by Crippen LogP contribution is 2.25. The van der Waals surface area contributed by atoms with Gasteiger partial charge < -0.3 is 10.6 Å². The number of amides is 1. The van der Waals surface area contributed by atoms with E-state index in [0.717, 1.165) is 6.42 Å². The molecule has 21 heavy (non-hydrogen) atoms. The molecule has 0 aromatic heterocycles. The Bertz CT molecular complexity index is 508. The largest absolute Gasteiger partial charge is 0.354 e. The van der Waals surface area contributed by atoms with Crippen molar-refractivity contribution in [3.8, 4) is 0 Å². The molecule has 0 fully saturated rings. The van der Waals surface area contributed by atoms with Gasteiger partial charge in [0.25, 0.3) is 5.69 Å². The molecule has 1 unspecified atom stereocenters. The number of benzene rings is 1. The van der Waals surface area contributed by atoms with Crippen LogP contribution in [0.25, 0.3) is 0 Å². The van der Waals surface area contributed by atoms with Crippen molar-refractivity contribution in [2.75, 3.05) is 6.54 Å². The second-order valence-corrected chi connectivity index (χ2v) is 5.21. The third-order valence-corrected chi connectivity index (χ3v) is 3.50. The molecule has 7 heteroatoms. The summed E-state index contributed by atoms with van der Waals surface area (Å²) in [7, 11) is 0. The van der Waals surface area contributed by atoms with E-state index < -0.39 is 4.92 Å². The number of nitrogens with one attached hydrogen (secondary N) is 2. The van der Waals surface area contributed by atoms with Crippen LogP contribution in [-0.4, -0.2) is 23.4 Å². The summed E-state index contributed by atoms with van der Waals surface area (Å²) in [5.74, 6) is -0.0366. The van der Waals surface area contributed by atoms with E-state index in [0.29, 0.717) is 23.6 Å². The molecule has 1 aromatic carbocycles. The normalized spacial score (nSPS) is 12.0. The molecule has 0 radical (unpaired) electrons. The number of rotatable bonds is 8. The Labute approximate surface area is 129 Å². The molecule has 0 aliphatic rings. The highest BCUT2D eigenvalue weighted by atomic mass is 35.5. The van der Waals surface area contributed by atoms with Crippen molar-refractivity contribution in [1.82, 2.24) is 10.6 Å². The van der Waals surface area contributed by atoms with Crippen molar-refractivity contribution < 1.29 is 9.72 Å². The maximum Gasteiger partial charge on any atom is 0.275 e. The van der Waals surface area contributed by atoms with Gasteiger partial charge in [-0.3, -0.25) is 14.9 Å². The summed E-state index contributed by atoms with van der Waals surface area (Å²) >= 11 is 5.98. The quantitative estimate of drug-likeness (QED) is 0.439. The number of nitro groups is 1. The predicted molar refractivity (Wildman–Crippen MR) is 82.3 cm³/mol. The van der Waals surface area contributed by atoms with Crippen LogP contribution in [0.1, 0.15) is 32.3 Å². The maximum atomic E-state index is 11.6. The van der Waals surface area contributed by atoms with Gasteiger partial charge in [0.05, 0.1) is 15.5 Å². The number of carbonyl (C=O) groups excluding carboxylic acids is 1. The van der Waals surface area contributed by atoms with Gasteiger partial charge in [-0.1, -0.05) is 24.6 Å². The Morgan fingerprint density at radius 2 is 2.19 bits per heavy atom. The molecule has 1 aromatic rings. The van der Waals surface area contributed by atoms with E-state index in [1.807, 2.05) is 13.8 Å². The van der Waals surface area contributed by atoms with Gasteiger partial charge in [0.15, 0.2) is 0 Å². The standard InChI is InChI=1S/C14H20ClN3O3/c1-3-10(2)17-14(19)7-8-16-9-11-12(15)5-4-6-13(11)18(20)21/h4-6,10,16H,3,7-9H2,1-2H3,(H,17,19). The molecule has 2 N–H and O–H groups in total. The van der Waals surface area contributed by atoms with E-state index in [9.17, 15) is 14.9 Å². The van der Waals surface area contributed by atoms with Crippen molar-refractivity contribution in [2.45, 2.75) is 39.3 Å². The zero-order valence-corrected chi connectivity index (χ0v) is 12.9. The van der Waals surface area contributed by atoms with Crippen molar-refractivity contribution in [2.24, 2.45) is 0 Å². The monoisotopic (exact) mass is 313 g/mol. The second kappa shape index (κ2) is 8.59. The van der Waals surface area contributed by atoms with Crippen LogP contribution >= 0.6 is 11.6 Å². The van der Waals surface area contributed by atoms with E-state index in [-0.39, 0.29) is 24.2 Å². The van der Waals surface area contributed by atoms with Crippen LogP contribution in [0, 0.1) is 10.1 Å². The lowest BCUT2D eigenvalue weighted by Crippen LogP contribution is -2.33. The first-order valence-corrected chi connectivity index (χ1v) is 7.25. The lowest BCUT2D eigenvalue weighted by atomic mass is 10.1. The average molecular weight is 314 g/mol. The summed E-state index contributed by atoms with van der Waals surface area (Å²) in [6.45, 7) is 4.63. The fourth-order valence-electron chi connectivity index (χ4n) is 1.76. The number of nitro benzene ring substituents is 1. The molecule has 0 spiro atoms. The minimum Gasteiger partial charge on any atom is -0.354 e. The van der Waals surface area contributed by atoms with Gasteiger partial charge in [0.1, 0.15) is 0 Å². The van der Waals surface area contributed by atoms with E-state index in [4.69, 9.17) is 11.6 Å². The molecule has 6 nitrogen and oxygen atoms in total. The summed E-state index contributed by atoms with van der Waals surface area (Å²) in [6, 6.07) is 4.73. The minimum atomic E-state index is -0.460. The van der Waals surface area contributed by atoms with Gasteiger partial charge in [-0.25, -0.2) is 0 Å². The van der Waals surface area contributed by atoms with Gasteiger partial charge >= 0.3 is 0 Å². The summed E-state index contributed by atoms with van der Waals surface area (Å²) in [5, 5.41) is 17.1. The number of nitrogens with zero attached hydrogens (tertiary/aromatic N) is 1.